The van der Waals surface area contributed by atoms with E-state index in [1.165, 1.54) is 11.3 Å². The molecule has 0 bridgehead atoms. The smallest absolute Gasteiger partial charge is 0.345 e. The van der Waals surface area contributed by atoms with Crippen LogP contribution in [-0.2, 0) is 6.54 Å². The predicted octanol–water partition coefficient (Wildman–Crippen LogP) is 1.90. The fourth-order valence-corrected chi connectivity index (χ4v) is 2.44. The van der Waals surface area contributed by atoms with E-state index in [9.17, 15) is 4.79 Å². The summed E-state index contributed by atoms with van der Waals surface area (Å²) >= 11 is 3.02. The molecule has 0 amide bonds. The minimum absolute atomic E-state index is 0.388. The predicted molar refractivity (Wildman–Crippen MR) is 69.1 cm³/mol. The zero-order valence-electron chi connectivity index (χ0n) is 8.73. The molecule has 0 unspecified atom stereocenters. The topological polar surface area (TPSA) is 49.3 Å². The summed E-state index contributed by atoms with van der Waals surface area (Å²) in [5, 5.41) is 12.0. The summed E-state index contributed by atoms with van der Waals surface area (Å²) in [6, 6.07) is 3.48. The molecule has 86 valence electrons. The summed E-state index contributed by atoms with van der Waals surface area (Å²) in [6.07, 6.45) is 5.12. The van der Waals surface area contributed by atoms with Gasteiger partial charge in [0.2, 0.25) is 0 Å². The molecular formula is C11H13NO2S2. The molecule has 0 saturated heterocycles. The third-order valence-electron chi connectivity index (χ3n) is 1.78. The molecule has 1 heterocycles. The van der Waals surface area contributed by atoms with Crippen LogP contribution in [0.1, 0.15) is 14.5 Å². The number of carboxylic acids is 1. The lowest BCUT2D eigenvalue weighted by molar-refractivity contribution is 0.0702. The fourth-order valence-electron chi connectivity index (χ4n) is 1.07. The molecule has 1 aromatic rings. The van der Waals surface area contributed by atoms with Crippen molar-refractivity contribution in [3.8, 4) is 12.3 Å². The van der Waals surface area contributed by atoms with Gasteiger partial charge in [-0.2, -0.15) is 0 Å². The van der Waals surface area contributed by atoms with E-state index < -0.39 is 5.97 Å². The van der Waals surface area contributed by atoms with Crippen LogP contribution in [0, 0.1) is 12.3 Å². The molecule has 5 heteroatoms. The molecular weight excluding hydrogens is 242 g/mol. The summed E-state index contributed by atoms with van der Waals surface area (Å²) in [5.41, 5.74) is 0. The summed E-state index contributed by atoms with van der Waals surface area (Å²) < 4.78 is 0. The molecule has 0 aliphatic carbocycles. The van der Waals surface area contributed by atoms with Crippen LogP contribution in [0.15, 0.2) is 12.1 Å². The second kappa shape index (κ2) is 7.34. The molecule has 0 atom stereocenters. The van der Waals surface area contributed by atoms with E-state index in [0.29, 0.717) is 11.4 Å². The number of carbonyl (C=O) groups is 1. The van der Waals surface area contributed by atoms with Crippen molar-refractivity contribution in [3.63, 3.8) is 0 Å². The summed E-state index contributed by atoms with van der Waals surface area (Å²) in [5.74, 6) is 3.42. The van der Waals surface area contributed by atoms with Gasteiger partial charge in [-0.25, -0.2) is 4.79 Å². The summed E-state index contributed by atoms with van der Waals surface area (Å²) in [4.78, 5) is 12.1. The van der Waals surface area contributed by atoms with E-state index >= 15 is 0 Å². The number of rotatable bonds is 7. The number of hydrogen-bond donors (Lipinski definition) is 2. The van der Waals surface area contributed by atoms with Crippen LogP contribution in [0.4, 0.5) is 0 Å². The third kappa shape index (κ3) is 4.71. The van der Waals surface area contributed by atoms with E-state index in [0.717, 1.165) is 22.9 Å². The standard InChI is InChI=1S/C11H13NO2S2/c1-2-6-15-7-5-12-8-9-3-4-10(16-9)11(13)14/h1,3-4,12H,5-8H2,(H,13,14). The fraction of sp³-hybridized carbons (Fsp3) is 0.364. The van der Waals surface area contributed by atoms with E-state index in [1.807, 2.05) is 6.07 Å². The van der Waals surface area contributed by atoms with Gasteiger partial charge in [0.05, 0.1) is 5.75 Å². The van der Waals surface area contributed by atoms with Crippen molar-refractivity contribution in [2.45, 2.75) is 6.54 Å². The Labute approximate surface area is 103 Å². The lowest BCUT2D eigenvalue weighted by Crippen LogP contribution is -2.15. The number of nitrogens with one attached hydrogen (secondary N) is 1. The molecule has 0 aliphatic rings. The highest BCUT2D eigenvalue weighted by molar-refractivity contribution is 7.99. The Kier molecular flexibility index (Phi) is 6.01. The van der Waals surface area contributed by atoms with Crippen molar-refractivity contribution in [3.05, 3.63) is 21.9 Å². The van der Waals surface area contributed by atoms with Crippen LogP contribution >= 0.6 is 23.1 Å². The van der Waals surface area contributed by atoms with Crippen molar-refractivity contribution in [1.29, 1.82) is 0 Å². The number of hydrogen-bond acceptors (Lipinski definition) is 4. The minimum Gasteiger partial charge on any atom is -0.477 e. The van der Waals surface area contributed by atoms with Crippen LogP contribution in [-0.4, -0.2) is 29.1 Å². The van der Waals surface area contributed by atoms with Crippen molar-refractivity contribution in [2.24, 2.45) is 0 Å². The number of carboxylic acid groups (broad SMARTS) is 1. The zero-order chi connectivity index (χ0) is 11.8. The molecule has 1 rings (SSSR count). The first-order valence-electron chi connectivity index (χ1n) is 4.78. The van der Waals surface area contributed by atoms with Crippen LogP contribution in [0.25, 0.3) is 0 Å². The average Bonchev–Trinajstić information content (AvgIpc) is 2.72. The van der Waals surface area contributed by atoms with Gasteiger partial charge in [-0.3, -0.25) is 0 Å². The van der Waals surface area contributed by atoms with E-state index in [2.05, 4.69) is 11.2 Å². The third-order valence-corrected chi connectivity index (χ3v) is 3.72. The van der Waals surface area contributed by atoms with Gasteiger partial charge < -0.3 is 10.4 Å². The SMILES string of the molecule is C#CCSCCNCc1ccc(C(=O)O)s1. The highest BCUT2D eigenvalue weighted by atomic mass is 32.2. The Hall–Kier alpha value is -0.960. The molecule has 0 radical (unpaired) electrons. The van der Waals surface area contributed by atoms with Crippen molar-refractivity contribution >= 4 is 29.1 Å². The average molecular weight is 255 g/mol. The number of thioether (sulfide) groups is 1. The van der Waals surface area contributed by atoms with Crippen LogP contribution in [0.3, 0.4) is 0 Å². The first kappa shape index (κ1) is 13.1. The minimum atomic E-state index is -0.860. The van der Waals surface area contributed by atoms with Gasteiger partial charge in [-0.15, -0.1) is 29.5 Å². The van der Waals surface area contributed by atoms with Crippen molar-refractivity contribution in [1.82, 2.24) is 5.32 Å². The normalized spacial score (nSPS) is 9.94. The Bertz CT molecular complexity index is 382. The van der Waals surface area contributed by atoms with Crippen LogP contribution < -0.4 is 5.32 Å². The Morgan fingerprint density at radius 2 is 2.44 bits per heavy atom. The maximum Gasteiger partial charge on any atom is 0.345 e. The van der Waals surface area contributed by atoms with Crippen LogP contribution in [0.2, 0.25) is 0 Å². The van der Waals surface area contributed by atoms with Crippen LogP contribution in [0.5, 0.6) is 0 Å². The lowest BCUT2D eigenvalue weighted by atomic mass is 10.4. The van der Waals surface area contributed by atoms with Gasteiger partial charge in [0.15, 0.2) is 0 Å². The molecule has 16 heavy (non-hydrogen) atoms. The zero-order valence-corrected chi connectivity index (χ0v) is 10.4. The molecule has 2 N–H and O–H groups in total. The second-order valence-electron chi connectivity index (χ2n) is 3.00. The number of thiophene rings is 1. The largest absolute Gasteiger partial charge is 0.477 e. The van der Waals surface area contributed by atoms with Gasteiger partial charge in [0.25, 0.3) is 0 Å². The molecule has 0 fully saturated rings. The van der Waals surface area contributed by atoms with Gasteiger partial charge >= 0.3 is 5.97 Å². The number of terminal acetylenes is 1. The maximum absolute atomic E-state index is 10.6. The van der Waals surface area contributed by atoms with Gasteiger partial charge in [-0.05, 0) is 12.1 Å². The molecule has 1 aromatic heterocycles. The molecule has 0 aromatic carbocycles. The molecule has 0 aliphatic heterocycles. The lowest BCUT2D eigenvalue weighted by Gasteiger charge is -2.01. The Morgan fingerprint density at radius 1 is 1.62 bits per heavy atom. The molecule has 0 spiro atoms. The van der Waals surface area contributed by atoms with Gasteiger partial charge in [0.1, 0.15) is 4.88 Å². The Morgan fingerprint density at radius 3 is 3.06 bits per heavy atom. The van der Waals surface area contributed by atoms with Crippen molar-refractivity contribution in [2.75, 3.05) is 18.1 Å². The summed E-state index contributed by atoms with van der Waals surface area (Å²) in [7, 11) is 0. The second-order valence-corrected chi connectivity index (χ2v) is 5.28. The summed E-state index contributed by atoms with van der Waals surface area (Å²) in [6.45, 7) is 1.60. The molecule has 3 nitrogen and oxygen atoms in total. The van der Waals surface area contributed by atoms with Gasteiger partial charge in [0, 0.05) is 23.7 Å². The first-order chi connectivity index (χ1) is 7.74. The number of aromatic carboxylic acids is 1. The Balaban J connectivity index is 2.17. The van der Waals surface area contributed by atoms with Gasteiger partial charge in [-0.1, -0.05) is 5.92 Å². The molecule has 0 saturated carbocycles. The van der Waals surface area contributed by atoms with E-state index in [1.54, 1.807) is 17.8 Å². The highest BCUT2D eigenvalue weighted by Crippen LogP contribution is 2.15. The van der Waals surface area contributed by atoms with Crippen molar-refractivity contribution < 1.29 is 9.90 Å². The quantitative estimate of drug-likeness (QED) is 0.577. The highest BCUT2D eigenvalue weighted by Gasteiger charge is 2.05. The van der Waals surface area contributed by atoms with E-state index in [-0.39, 0.29) is 0 Å². The van der Waals surface area contributed by atoms with E-state index in [4.69, 9.17) is 11.5 Å². The monoisotopic (exact) mass is 255 g/mol. The first-order valence-corrected chi connectivity index (χ1v) is 6.75. The maximum atomic E-state index is 10.6.